The van der Waals surface area contributed by atoms with Gasteiger partial charge in [0.15, 0.2) is 0 Å². The summed E-state index contributed by atoms with van der Waals surface area (Å²) in [5.41, 5.74) is 4.00. The second kappa shape index (κ2) is 7.34. The van der Waals surface area contributed by atoms with Crippen LogP contribution in [0.5, 0.6) is 0 Å². The van der Waals surface area contributed by atoms with Gasteiger partial charge in [0.25, 0.3) is 0 Å². The van der Waals surface area contributed by atoms with E-state index in [1.165, 1.54) is 6.07 Å². The average Bonchev–Trinajstić information content (AvgIpc) is 2.33. The van der Waals surface area contributed by atoms with Crippen molar-refractivity contribution in [2.75, 3.05) is 26.9 Å². The van der Waals surface area contributed by atoms with Crippen molar-refractivity contribution in [2.45, 2.75) is 13.0 Å². The molecule has 1 aromatic rings. The predicted octanol–water partition coefficient (Wildman–Crippen LogP) is 1.30. The zero-order valence-electron chi connectivity index (χ0n) is 10.2. The van der Waals surface area contributed by atoms with E-state index in [2.05, 4.69) is 5.43 Å². The summed E-state index contributed by atoms with van der Waals surface area (Å²) >= 11 is 0. The number of benzene rings is 1. The van der Waals surface area contributed by atoms with Crippen LogP contribution in [0, 0.1) is 12.7 Å². The maximum Gasteiger partial charge on any atom is 0.126 e. The molecule has 0 saturated heterocycles. The molecule has 5 heteroatoms. The van der Waals surface area contributed by atoms with Gasteiger partial charge >= 0.3 is 0 Å². The highest BCUT2D eigenvalue weighted by atomic mass is 19.1. The summed E-state index contributed by atoms with van der Waals surface area (Å²) in [4.78, 5) is 0. The molecule has 1 unspecified atom stereocenters. The summed E-state index contributed by atoms with van der Waals surface area (Å²) in [5, 5.41) is 0. The number of halogens is 1. The molecule has 1 aromatic carbocycles. The molecule has 0 amide bonds. The Hall–Kier alpha value is -1.01. The molecule has 0 heterocycles. The minimum Gasteiger partial charge on any atom is -0.382 e. The van der Waals surface area contributed by atoms with E-state index in [4.69, 9.17) is 15.3 Å². The van der Waals surface area contributed by atoms with E-state index in [0.717, 1.165) is 5.56 Å². The number of hydrazine groups is 1. The number of methoxy groups -OCH3 is 1. The average molecular weight is 242 g/mol. The zero-order valence-corrected chi connectivity index (χ0v) is 10.2. The molecule has 0 saturated carbocycles. The van der Waals surface area contributed by atoms with E-state index in [-0.39, 0.29) is 11.9 Å². The highest BCUT2D eigenvalue weighted by Gasteiger charge is 2.11. The Bertz CT molecular complexity index is 347. The summed E-state index contributed by atoms with van der Waals surface area (Å²) in [6.45, 7) is 3.12. The quantitative estimate of drug-likeness (QED) is 0.430. The van der Waals surface area contributed by atoms with Gasteiger partial charge in [-0.3, -0.25) is 11.3 Å². The summed E-state index contributed by atoms with van der Waals surface area (Å²) in [5.74, 6) is 5.19. The summed E-state index contributed by atoms with van der Waals surface area (Å²) in [6.07, 6.45) is 0. The third-order valence-corrected chi connectivity index (χ3v) is 2.52. The van der Waals surface area contributed by atoms with Crippen molar-refractivity contribution in [3.05, 3.63) is 35.1 Å². The van der Waals surface area contributed by atoms with Crippen molar-refractivity contribution < 1.29 is 13.9 Å². The third kappa shape index (κ3) is 4.40. The Morgan fingerprint density at radius 2 is 2.18 bits per heavy atom. The molecule has 17 heavy (non-hydrogen) atoms. The summed E-state index contributed by atoms with van der Waals surface area (Å²) in [7, 11) is 1.61. The van der Waals surface area contributed by atoms with Crippen molar-refractivity contribution in [1.82, 2.24) is 5.43 Å². The number of hydrogen-bond donors (Lipinski definition) is 2. The molecule has 1 rings (SSSR count). The Labute approximate surface area is 101 Å². The fourth-order valence-electron chi connectivity index (χ4n) is 1.41. The molecule has 0 bridgehead atoms. The van der Waals surface area contributed by atoms with Crippen LogP contribution in [0.3, 0.4) is 0 Å². The Kier molecular flexibility index (Phi) is 6.07. The first kappa shape index (κ1) is 14.1. The lowest BCUT2D eigenvalue weighted by Crippen LogP contribution is -2.31. The van der Waals surface area contributed by atoms with Crippen LogP contribution in [0.1, 0.15) is 17.2 Å². The monoisotopic (exact) mass is 242 g/mol. The fraction of sp³-hybridized carbons (Fsp3) is 0.500. The topological polar surface area (TPSA) is 56.5 Å². The predicted molar refractivity (Wildman–Crippen MR) is 63.9 cm³/mol. The van der Waals surface area contributed by atoms with E-state index in [1.807, 2.05) is 6.07 Å². The third-order valence-electron chi connectivity index (χ3n) is 2.52. The number of ether oxygens (including phenoxy) is 2. The Balaban J connectivity index is 2.56. The van der Waals surface area contributed by atoms with Crippen LogP contribution < -0.4 is 11.3 Å². The van der Waals surface area contributed by atoms with Gasteiger partial charge in [-0.25, -0.2) is 4.39 Å². The molecule has 0 aliphatic carbocycles. The maximum absolute atomic E-state index is 13.4. The van der Waals surface area contributed by atoms with Crippen LogP contribution in [0.15, 0.2) is 18.2 Å². The highest BCUT2D eigenvalue weighted by Crippen LogP contribution is 2.16. The van der Waals surface area contributed by atoms with Gasteiger partial charge in [0, 0.05) is 7.11 Å². The second-order valence-electron chi connectivity index (χ2n) is 3.80. The van der Waals surface area contributed by atoms with Crippen LogP contribution in [0.25, 0.3) is 0 Å². The molecule has 1 atom stereocenters. The minimum atomic E-state index is -0.236. The lowest BCUT2D eigenvalue weighted by molar-refractivity contribution is 0.0585. The molecule has 0 aliphatic rings. The molecule has 0 aliphatic heterocycles. The Morgan fingerprint density at radius 1 is 1.41 bits per heavy atom. The normalized spacial score (nSPS) is 12.7. The molecule has 0 spiro atoms. The SMILES string of the molecule is COCCOCC(NN)c1ccc(C)c(F)c1. The van der Waals surface area contributed by atoms with Crippen molar-refractivity contribution in [3.63, 3.8) is 0 Å². The Morgan fingerprint density at radius 3 is 2.76 bits per heavy atom. The van der Waals surface area contributed by atoms with Gasteiger partial charge in [-0.15, -0.1) is 0 Å². The zero-order chi connectivity index (χ0) is 12.7. The van der Waals surface area contributed by atoms with Gasteiger partial charge in [-0.05, 0) is 24.1 Å². The number of rotatable bonds is 7. The molecule has 0 fully saturated rings. The lowest BCUT2D eigenvalue weighted by atomic mass is 10.1. The van der Waals surface area contributed by atoms with Crippen molar-refractivity contribution in [2.24, 2.45) is 5.84 Å². The van der Waals surface area contributed by atoms with E-state index in [1.54, 1.807) is 20.1 Å². The number of nitrogens with one attached hydrogen (secondary N) is 1. The van der Waals surface area contributed by atoms with E-state index < -0.39 is 0 Å². The first-order chi connectivity index (χ1) is 8.19. The molecular weight excluding hydrogens is 223 g/mol. The number of nitrogens with two attached hydrogens (primary N) is 1. The van der Waals surface area contributed by atoms with Crippen LogP contribution in [0.4, 0.5) is 4.39 Å². The molecular formula is C12H19FN2O2. The maximum atomic E-state index is 13.4. The van der Waals surface area contributed by atoms with Crippen molar-refractivity contribution >= 4 is 0 Å². The van der Waals surface area contributed by atoms with Crippen LogP contribution in [-0.2, 0) is 9.47 Å². The van der Waals surface area contributed by atoms with E-state index in [0.29, 0.717) is 25.4 Å². The van der Waals surface area contributed by atoms with Gasteiger partial charge in [-0.2, -0.15) is 0 Å². The number of aryl methyl sites for hydroxylation is 1. The van der Waals surface area contributed by atoms with Crippen LogP contribution in [-0.4, -0.2) is 26.9 Å². The highest BCUT2D eigenvalue weighted by molar-refractivity contribution is 5.25. The van der Waals surface area contributed by atoms with Gasteiger partial charge in [0.1, 0.15) is 5.82 Å². The van der Waals surface area contributed by atoms with Crippen molar-refractivity contribution in [1.29, 1.82) is 0 Å². The first-order valence-electron chi connectivity index (χ1n) is 5.48. The van der Waals surface area contributed by atoms with Crippen molar-refractivity contribution in [3.8, 4) is 0 Å². The number of hydrogen-bond acceptors (Lipinski definition) is 4. The smallest absolute Gasteiger partial charge is 0.126 e. The van der Waals surface area contributed by atoms with Gasteiger partial charge in [0.2, 0.25) is 0 Å². The van der Waals surface area contributed by atoms with Crippen LogP contribution in [0.2, 0.25) is 0 Å². The standard InChI is InChI=1S/C12H19FN2O2/c1-9-3-4-10(7-11(9)13)12(15-14)8-17-6-5-16-2/h3-4,7,12,15H,5-6,8,14H2,1-2H3. The minimum absolute atomic E-state index is 0.220. The molecule has 96 valence electrons. The summed E-state index contributed by atoms with van der Waals surface area (Å²) in [6, 6.07) is 4.81. The van der Waals surface area contributed by atoms with E-state index >= 15 is 0 Å². The van der Waals surface area contributed by atoms with E-state index in [9.17, 15) is 4.39 Å². The van der Waals surface area contributed by atoms with Gasteiger partial charge in [-0.1, -0.05) is 12.1 Å². The molecule has 4 nitrogen and oxygen atoms in total. The molecule has 0 radical (unpaired) electrons. The largest absolute Gasteiger partial charge is 0.382 e. The first-order valence-corrected chi connectivity index (χ1v) is 5.48. The van der Waals surface area contributed by atoms with Gasteiger partial charge in [0.05, 0.1) is 25.9 Å². The second-order valence-corrected chi connectivity index (χ2v) is 3.80. The molecule has 3 N–H and O–H groups in total. The molecule has 0 aromatic heterocycles. The summed E-state index contributed by atoms with van der Waals surface area (Å²) < 4.78 is 23.6. The van der Waals surface area contributed by atoms with Gasteiger partial charge < -0.3 is 9.47 Å². The fourth-order valence-corrected chi connectivity index (χ4v) is 1.41. The van der Waals surface area contributed by atoms with Crippen LogP contribution >= 0.6 is 0 Å². The lowest BCUT2D eigenvalue weighted by Gasteiger charge is -2.17.